The first kappa shape index (κ1) is 21.4. The van der Waals surface area contributed by atoms with Gasteiger partial charge in [0, 0.05) is 18.4 Å². The summed E-state index contributed by atoms with van der Waals surface area (Å²) < 4.78 is 11.0. The van der Waals surface area contributed by atoms with Crippen molar-refractivity contribution in [3.63, 3.8) is 0 Å². The van der Waals surface area contributed by atoms with E-state index in [-0.39, 0.29) is 5.97 Å². The lowest BCUT2D eigenvalue weighted by Gasteiger charge is -2.17. The Balaban J connectivity index is 1.67. The van der Waals surface area contributed by atoms with Crippen molar-refractivity contribution in [1.82, 2.24) is 0 Å². The van der Waals surface area contributed by atoms with Crippen molar-refractivity contribution in [3.8, 4) is 16.9 Å². The van der Waals surface area contributed by atoms with Gasteiger partial charge in [-0.1, -0.05) is 66.7 Å². The summed E-state index contributed by atoms with van der Waals surface area (Å²) in [6, 6.07) is 28.8. The van der Waals surface area contributed by atoms with Crippen molar-refractivity contribution in [3.05, 3.63) is 96.1 Å². The van der Waals surface area contributed by atoms with Crippen LogP contribution in [0.15, 0.2) is 84.9 Å². The molecule has 0 bridgehead atoms. The normalized spacial score (nSPS) is 10.8. The van der Waals surface area contributed by atoms with Gasteiger partial charge in [0.1, 0.15) is 5.75 Å². The molecule has 0 unspecified atom stereocenters. The molecular formula is C28H27NO3. The number of hydrogen-bond donors (Lipinski definition) is 1. The predicted molar refractivity (Wildman–Crippen MR) is 130 cm³/mol. The fraction of sp³-hybridized carbons (Fsp3) is 0.179. The Kier molecular flexibility index (Phi) is 6.71. The van der Waals surface area contributed by atoms with E-state index in [1.807, 2.05) is 36.4 Å². The zero-order valence-electron chi connectivity index (χ0n) is 18.2. The fourth-order valence-corrected chi connectivity index (χ4v) is 3.85. The number of hydrogen-bond acceptors (Lipinski definition) is 4. The Morgan fingerprint density at radius 2 is 1.56 bits per heavy atom. The van der Waals surface area contributed by atoms with E-state index in [2.05, 4.69) is 48.5 Å². The van der Waals surface area contributed by atoms with Gasteiger partial charge >= 0.3 is 5.97 Å². The van der Waals surface area contributed by atoms with Gasteiger partial charge in [-0.2, -0.15) is 0 Å². The largest absolute Gasteiger partial charge is 0.490 e. The molecule has 0 amide bonds. The molecule has 4 aromatic rings. The van der Waals surface area contributed by atoms with Crippen molar-refractivity contribution >= 4 is 22.4 Å². The van der Waals surface area contributed by atoms with Crippen molar-refractivity contribution in [2.75, 3.05) is 19.5 Å². The summed E-state index contributed by atoms with van der Waals surface area (Å²) >= 11 is 0. The summed E-state index contributed by atoms with van der Waals surface area (Å²) in [4.78, 5) is 11.6. The third kappa shape index (κ3) is 5.09. The van der Waals surface area contributed by atoms with Crippen LogP contribution in [0.2, 0.25) is 0 Å². The topological polar surface area (TPSA) is 61.5 Å². The number of methoxy groups -OCH3 is 1. The Morgan fingerprint density at radius 3 is 2.34 bits per heavy atom. The zero-order chi connectivity index (χ0) is 22.3. The molecule has 162 valence electrons. The molecule has 4 rings (SSSR count). The summed E-state index contributed by atoms with van der Waals surface area (Å²) in [5.74, 6) is 0.442. The van der Waals surface area contributed by atoms with E-state index in [0.717, 1.165) is 28.5 Å². The first-order chi connectivity index (χ1) is 15.6. The average molecular weight is 426 g/mol. The van der Waals surface area contributed by atoms with E-state index in [1.54, 1.807) is 0 Å². The Bertz CT molecular complexity index is 1220. The highest BCUT2D eigenvalue weighted by Gasteiger charge is 2.14. The summed E-state index contributed by atoms with van der Waals surface area (Å²) in [5.41, 5.74) is 11.2. The van der Waals surface area contributed by atoms with Crippen LogP contribution < -0.4 is 10.5 Å². The smallest absolute Gasteiger partial charge is 0.305 e. The lowest BCUT2D eigenvalue weighted by atomic mass is 9.96. The maximum Gasteiger partial charge on any atom is 0.305 e. The highest BCUT2D eigenvalue weighted by Crippen LogP contribution is 2.38. The third-order valence-electron chi connectivity index (χ3n) is 5.56. The van der Waals surface area contributed by atoms with Crippen molar-refractivity contribution in [1.29, 1.82) is 0 Å². The Morgan fingerprint density at radius 1 is 0.812 bits per heavy atom. The molecule has 4 nitrogen and oxygen atoms in total. The number of nitrogens with two attached hydrogens (primary N) is 1. The standard InChI is InChI=1S/C28H27NO3/c1-31-27(30)14-11-21-17-25(24-13-12-22-9-5-6-10-23(22)19-24)28(26(29)18-21)32-16-15-20-7-3-2-4-8-20/h2-10,12-13,17-19H,11,14-16,29H2,1H3. The van der Waals surface area contributed by atoms with Crippen LogP contribution in [0, 0.1) is 0 Å². The average Bonchev–Trinajstić information content (AvgIpc) is 2.83. The molecule has 0 saturated carbocycles. The maximum absolute atomic E-state index is 11.6. The van der Waals surface area contributed by atoms with E-state index in [9.17, 15) is 4.79 Å². The van der Waals surface area contributed by atoms with Crippen molar-refractivity contribution in [2.45, 2.75) is 19.3 Å². The quantitative estimate of drug-likeness (QED) is 0.286. The van der Waals surface area contributed by atoms with Crippen LogP contribution in [0.3, 0.4) is 0 Å². The minimum absolute atomic E-state index is 0.237. The van der Waals surface area contributed by atoms with Crippen LogP contribution in [0.1, 0.15) is 17.5 Å². The van der Waals surface area contributed by atoms with Crippen LogP contribution in [0.25, 0.3) is 21.9 Å². The van der Waals surface area contributed by atoms with E-state index in [4.69, 9.17) is 15.2 Å². The summed E-state index contributed by atoms with van der Waals surface area (Å²) in [6.45, 7) is 0.524. The minimum atomic E-state index is -0.237. The summed E-state index contributed by atoms with van der Waals surface area (Å²) in [5, 5.41) is 2.33. The number of carbonyl (C=O) groups is 1. The van der Waals surface area contributed by atoms with Crippen LogP contribution in [-0.4, -0.2) is 19.7 Å². The molecule has 0 aliphatic rings. The van der Waals surface area contributed by atoms with Gasteiger partial charge < -0.3 is 15.2 Å². The molecule has 0 heterocycles. The Labute approximate surface area is 188 Å². The van der Waals surface area contributed by atoms with Crippen molar-refractivity contribution in [2.24, 2.45) is 0 Å². The van der Waals surface area contributed by atoms with Gasteiger partial charge in [0.25, 0.3) is 0 Å². The van der Waals surface area contributed by atoms with Crippen LogP contribution in [0.5, 0.6) is 5.75 Å². The molecule has 0 saturated heterocycles. The highest BCUT2D eigenvalue weighted by atomic mass is 16.5. The lowest BCUT2D eigenvalue weighted by Crippen LogP contribution is -2.06. The molecule has 0 aliphatic carbocycles. The van der Waals surface area contributed by atoms with Gasteiger partial charge in [0.05, 0.1) is 19.4 Å². The molecular weight excluding hydrogens is 398 g/mol. The lowest BCUT2D eigenvalue weighted by molar-refractivity contribution is -0.140. The van der Waals surface area contributed by atoms with E-state index in [1.165, 1.54) is 18.1 Å². The number of aryl methyl sites for hydroxylation is 1. The van der Waals surface area contributed by atoms with E-state index < -0.39 is 0 Å². The summed E-state index contributed by atoms with van der Waals surface area (Å²) in [6.07, 6.45) is 1.66. The van der Waals surface area contributed by atoms with E-state index >= 15 is 0 Å². The number of nitrogen functional groups attached to an aromatic ring is 1. The first-order valence-electron chi connectivity index (χ1n) is 10.8. The van der Waals surface area contributed by atoms with Gasteiger partial charge in [-0.3, -0.25) is 4.79 Å². The number of carbonyl (C=O) groups excluding carboxylic acids is 1. The Hall–Kier alpha value is -3.79. The van der Waals surface area contributed by atoms with Crippen molar-refractivity contribution < 1.29 is 14.3 Å². The van der Waals surface area contributed by atoms with Crippen LogP contribution >= 0.6 is 0 Å². The van der Waals surface area contributed by atoms with Gasteiger partial charge in [0.2, 0.25) is 0 Å². The maximum atomic E-state index is 11.6. The molecule has 0 spiro atoms. The summed E-state index contributed by atoms with van der Waals surface area (Å²) in [7, 11) is 1.40. The van der Waals surface area contributed by atoms with E-state index in [0.29, 0.717) is 30.9 Å². The molecule has 2 N–H and O–H groups in total. The number of fused-ring (bicyclic) bond motifs is 1. The van der Waals surface area contributed by atoms with Gasteiger partial charge in [-0.05, 0) is 52.1 Å². The second-order valence-corrected chi connectivity index (χ2v) is 7.78. The fourth-order valence-electron chi connectivity index (χ4n) is 3.85. The second kappa shape index (κ2) is 10.0. The molecule has 0 radical (unpaired) electrons. The molecule has 0 aliphatic heterocycles. The number of esters is 1. The van der Waals surface area contributed by atoms with Gasteiger partial charge in [0.15, 0.2) is 0 Å². The van der Waals surface area contributed by atoms with Gasteiger partial charge in [-0.25, -0.2) is 0 Å². The van der Waals surface area contributed by atoms with Gasteiger partial charge in [-0.15, -0.1) is 0 Å². The molecule has 32 heavy (non-hydrogen) atoms. The molecule has 0 aromatic heterocycles. The highest BCUT2D eigenvalue weighted by molar-refractivity contribution is 5.89. The zero-order valence-corrected chi connectivity index (χ0v) is 18.2. The van der Waals surface area contributed by atoms with Crippen LogP contribution in [0.4, 0.5) is 5.69 Å². The monoisotopic (exact) mass is 425 g/mol. The third-order valence-corrected chi connectivity index (χ3v) is 5.56. The van der Waals surface area contributed by atoms with Crippen LogP contribution in [-0.2, 0) is 22.4 Å². The number of ether oxygens (including phenoxy) is 2. The SMILES string of the molecule is COC(=O)CCc1cc(N)c(OCCc2ccccc2)c(-c2ccc3ccccc3c2)c1. The second-order valence-electron chi connectivity index (χ2n) is 7.78. The minimum Gasteiger partial charge on any atom is -0.490 e. The predicted octanol–water partition coefficient (Wildman–Crippen LogP) is 5.82. The number of rotatable bonds is 8. The molecule has 4 heteroatoms. The molecule has 4 aromatic carbocycles. The first-order valence-corrected chi connectivity index (χ1v) is 10.8. The molecule has 0 atom stereocenters. The number of anilines is 1. The molecule has 0 fully saturated rings. The number of benzene rings is 4.